The third-order valence-electron chi connectivity index (χ3n) is 4.94. The van der Waals surface area contributed by atoms with E-state index in [1.807, 2.05) is 48.5 Å². The fraction of sp³-hybridized carbons (Fsp3) is 0.364. The topological polar surface area (TPSA) is 43.4 Å². The van der Waals surface area contributed by atoms with E-state index in [2.05, 4.69) is 0 Å². The summed E-state index contributed by atoms with van der Waals surface area (Å²) in [5, 5.41) is 0. The van der Waals surface area contributed by atoms with Gasteiger partial charge < -0.3 is 4.74 Å². The molecular weight excluding hydrogens is 312 g/mol. The van der Waals surface area contributed by atoms with Gasteiger partial charge in [-0.15, -0.1) is 0 Å². The lowest BCUT2D eigenvalue weighted by molar-refractivity contribution is -0.139. The van der Waals surface area contributed by atoms with E-state index in [0.29, 0.717) is 18.0 Å². The Bertz CT molecular complexity index is 632. The number of carbonyl (C=O) groups is 2. The molecule has 0 amide bonds. The van der Waals surface area contributed by atoms with Crippen LogP contribution in [0, 0.1) is 11.8 Å². The summed E-state index contributed by atoms with van der Waals surface area (Å²) in [6.07, 6.45) is 4.59. The Kier molecular flexibility index (Phi) is 5.99. The molecule has 2 atom stereocenters. The molecule has 1 aliphatic rings. The van der Waals surface area contributed by atoms with Gasteiger partial charge in [0, 0.05) is 12.3 Å². The van der Waals surface area contributed by atoms with Gasteiger partial charge in [-0.2, -0.15) is 0 Å². The number of Topliss-reactive ketones (excluding diaryl/α,β-unsaturated/α-hetero) is 1. The summed E-state index contributed by atoms with van der Waals surface area (Å²) in [6, 6.07) is 19.1. The summed E-state index contributed by atoms with van der Waals surface area (Å²) >= 11 is 0. The summed E-state index contributed by atoms with van der Waals surface area (Å²) in [6.45, 7) is 0. The first-order valence-corrected chi connectivity index (χ1v) is 9.06. The smallest absolute Gasteiger partial charge is 0.314 e. The lowest BCUT2D eigenvalue weighted by Crippen LogP contribution is -2.21. The fourth-order valence-electron chi connectivity index (χ4n) is 3.49. The van der Waals surface area contributed by atoms with Crippen molar-refractivity contribution in [2.24, 2.45) is 11.8 Å². The highest BCUT2D eigenvalue weighted by atomic mass is 16.5. The lowest BCUT2D eigenvalue weighted by atomic mass is 9.91. The van der Waals surface area contributed by atoms with Gasteiger partial charge in [-0.25, -0.2) is 0 Å². The zero-order valence-corrected chi connectivity index (χ0v) is 14.4. The minimum absolute atomic E-state index is 0.0646. The van der Waals surface area contributed by atoms with Crippen LogP contribution < -0.4 is 4.74 Å². The maximum atomic E-state index is 12.6. The monoisotopic (exact) mass is 336 g/mol. The van der Waals surface area contributed by atoms with Crippen molar-refractivity contribution in [3.05, 3.63) is 66.2 Å². The van der Waals surface area contributed by atoms with Crippen LogP contribution in [-0.2, 0) is 16.0 Å². The Hall–Kier alpha value is -2.42. The Balaban J connectivity index is 1.53. The van der Waals surface area contributed by atoms with Crippen LogP contribution >= 0.6 is 0 Å². The molecule has 0 aromatic heterocycles. The summed E-state index contributed by atoms with van der Waals surface area (Å²) in [5.41, 5.74) is 1.07. The van der Waals surface area contributed by atoms with Crippen molar-refractivity contribution in [1.29, 1.82) is 0 Å². The molecule has 1 fully saturated rings. The molecule has 2 unspecified atom stereocenters. The molecule has 0 N–H and O–H groups in total. The van der Waals surface area contributed by atoms with Gasteiger partial charge in [0.25, 0.3) is 0 Å². The SMILES string of the molecule is O=C(Cc1ccccc1)C1CCCC(C(=O)Oc2ccccc2)CC1. The average molecular weight is 336 g/mol. The van der Waals surface area contributed by atoms with Crippen LogP contribution in [-0.4, -0.2) is 11.8 Å². The highest BCUT2D eigenvalue weighted by Gasteiger charge is 2.28. The van der Waals surface area contributed by atoms with Crippen molar-refractivity contribution in [2.45, 2.75) is 38.5 Å². The standard InChI is InChI=1S/C22H24O3/c23-21(16-17-8-3-1-4-9-17)18-10-7-11-19(15-14-18)22(24)25-20-12-5-2-6-13-20/h1-6,8-9,12-13,18-19H,7,10-11,14-16H2. The number of benzene rings is 2. The van der Waals surface area contributed by atoms with Crippen LogP contribution in [0.5, 0.6) is 5.75 Å². The number of para-hydroxylation sites is 1. The Morgan fingerprint density at radius 2 is 1.40 bits per heavy atom. The molecule has 1 saturated carbocycles. The molecule has 3 heteroatoms. The molecule has 2 aromatic carbocycles. The molecular formula is C22H24O3. The van der Waals surface area contributed by atoms with E-state index in [9.17, 15) is 9.59 Å². The zero-order valence-electron chi connectivity index (χ0n) is 14.4. The number of ether oxygens (including phenoxy) is 1. The Labute approximate surface area is 149 Å². The molecule has 0 saturated heterocycles. The van der Waals surface area contributed by atoms with Gasteiger partial charge >= 0.3 is 5.97 Å². The predicted molar refractivity (Wildman–Crippen MR) is 97.3 cm³/mol. The number of hydrogen-bond acceptors (Lipinski definition) is 3. The van der Waals surface area contributed by atoms with Gasteiger partial charge in [-0.3, -0.25) is 9.59 Å². The molecule has 0 heterocycles. The third-order valence-corrected chi connectivity index (χ3v) is 4.94. The largest absolute Gasteiger partial charge is 0.426 e. The highest BCUT2D eigenvalue weighted by Crippen LogP contribution is 2.30. The molecule has 0 spiro atoms. The van der Waals surface area contributed by atoms with E-state index >= 15 is 0 Å². The van der Waals surface area contributed by atoms with Gasteiger partial charge in [0.15, 0.2) is 0 Å². The van der Waals surface area contributed by atoms with E-state index in [4.69, 9.17) is 4.74 Å². The van der Waals surface area contributed by atoms with Crippen molar-refractivity contribution in [2.75, 3.05) is 0 Å². The second kappa shape index (κ2) is 8.61. The molecule has 1 aliphatic carbocycles. The Morgan fingerprint density at radius 1 is 0.800 bits per heavy atom. The third kappa shape index (κ3) is 5.02. The van der Waals surface area contributed by atoms with Gasteiger partial charge in [0.2, 0.25) is 0 Å². The number of ketones is 1. The zero-order chi connectivity index (χ0) is 17.5. The summed E-state index contributed by atoms with van der Waals surface area (Å²) < 4.78 is 5.48. The minimum atomic E-state index is -0.164. The molecule has 25 heavy (non-hydrogen) atoms. The second-order valence-corrected chi connectivity index (χ2v) is 6.76. The predicted octanol–water partition coefficient (Wildman–Crippen LogP) is 4.60. The van der Waals surface area contributed by atoms with Crippen molar-refractivity contribution < 1.29 is 14.3 Å². The first-order valence-electron chi connectivity index (χ1n) is 9.06. The number of rotatable bonds is 5. The molecule has 3 rings (SSSR count). The van der Waals surface area contributed by atoms with E-state index in [1.165, 1.54) is 0 Å². The molecule has 130 valence electrons. The van der Waals surface area contributed by atoms with Crippen LogP contribution in [0.1, 0.15) is 37.7 Å². The van der Waals surface area contributed by atoms with Gasteiger partial charge in [0.05, 0.1) is 5.92 Å². The van der Waals surface area contributed by atoms with Crippen LogP contribution in [0.15, 0.2) is 60.7 Å². The molecule has 2 aromatic rings. The number of esters is 1. The van der Waals surface area contributed by atoms with Crippen molar-refractivity contribution in [1.82, 2.24) is 0 Å². The van der Waals surface area contributed by atoms with Crippen LogP contribution in [0.3, 0.4) is 0 Å². The summed E-state index contributed by atoms with van der Waals surface area (Å²) in [7, 11) is 0. The normalized spacial score (nSPS) is 20.5. The van der Waals surface area contributed by atoms with Crippen LogP contribution in [0.25, 0.3) is 0 Å². The lowest BCUT2D eigenvalue weighted by Gasteiger charge is -2.14. The highest BCUT2D eigenvalue weighted by molar-refractivity contribution is 5.83. The Morgan fingerprint density at radius 3 is 2.12 bits per heavy atom. The van der Waals surface area contributed by atoms with Crippen molar-refractivity contribution in [3.8, 4) is 5.75 Å². The van der Waals surface area contributed by atoms with E-state index in [-0.39, 0.29) is 17.8 Å². The van der Waals surface area contributed by atoms with Crippen molar-refractivity contribution >= 4 is 11.8 Å². The second-order valence-electron chi connectivity index (χ2n) is 6.76. The summed E-state index contributed by atoms with van der Waals surface area (Å²) in [4.78, 5) is 25.0. The van der Waals surface area contributed by atoms with E-state index in [0.717, 1.165) is 37.7 Å². The van der Waals surface area contributed by atoms with E-state index in [1.54, 1.807) is 12.1 Å². The number of carbonyl (C=O) groups excluding carboxylic acids is 2. The minimum Gasteiger partial charge on any atom is -0.426 e. The van der Waals surface area contributed by atoms with E-state index < -0.39 is 0 Å². The number of hydrogen-bond donors (Lipinski definition) is 0. The van der Waals surface area contributed by atoms with Gasteiger partial charge in [-0.05, 0) is 43.4 Å². The van der Waals surface area contributed by atoms with Crippen LogP contribution in [0.2, 0.25) is 0 Å². The quantitative estimate of drug-likeness (QED) is 0.455. The maximum absolute atomic E-state index is 12.6. The average Bonchev–Trinajstić information content (AvgIpc) is 2.90. The first kappa shape index (κ1) is 17.4. The fourth-order valence-corrected chi connectivity index (χ4v) is 3.49. The van der Waals surface area contributed by atoms with Crippen molar-refractivity contribution in [3.63, 3.8) is 0 Å². The molecule has 3 nitrogen and oxygen atoms in total. The molecule has 0 bridgehead atoms. The maximum Gasteiger partial charge on any atom is 0.314 e. The van der Waals surface area contributed by atoms with Gasteiger partial charge in [0.1, 0.15) is 11.5 Å². The first-order chi connectivity index (χ1) is 12.2. The van der Waals surface area contributed by atoms with Gasteiger partial charge in [-0.1, -0.05) is 55.0 Å². The molecule has 0 radical (unpaired) electrons. The summed E-state index contributed by atoms with van der Waals surface area (Å²) in [5.74, 6) is 0.684. The van der Waals surface area contributed by atoms with Crippen LogP contribution in [0.4, 0.5) is 0 Å². The molecule has 0 aliphatic heterocycles.